The van der Waals surface area contributed by atoms with E-state index >= 15 is 0 Å². The summed E-state index contributed by atoms with van der Waals surface area (Å²) in [6.07, 6.45) is 1.98. The molecule has 9 heteroatoms. The lowest BCUT2D eigenvalue weighted by Crippen LogP contribution is -2.56. The third kappa shape index (κ3) is 3.65. The monoisotopic (exact) mass is 416 g/mol. The molecule has 0 aliphatic carbocycles. The highest BCUT2D eigenvalue weighted by molar-refractivity contribution is 7.92. The Kier molecular flexibility index (Phi) is 5.14. The van der Waals surface area contributed by atoms with E-state index in [-0.39, 0.29) is 34.2 Å². The maximum atomic E-state index is 13.3. The van der Waals surface area contributed by atoms with Crippen molar-refractivity contribution in [2.45, 2.75) is 61.1 Å². The Morgan fingerprint density at radius 1 is 1.25 bits per heavy atom. The Hall–Kier alpha value is -1.29. The van der Waals surface area contributed by atoms with Gasteiger partial charge in [0, 0.05) is 30.1 Å². The first kappa shape index (κ1) is 20.0. The van der Waals surface area contributed by atoms with Crippen LogP contribution in [0.3, 0.4) is 0 Å². The number of sulfone groups is 1. The predicted molar refractivity (Wildman–Crippen MR) is 99.1 cm³/mol. The molecule has 3 fully saturated rings. The molecule has 2 N–H and O–H groups in total. The van der Waals surface area contributed by atoms with Crippen molar-refractivity contribution in [2.75, 3.05) is 19.8 Å². The van der Waals surface area contributed by atoms with Gasteiger partial charge in [-0.3, -0.25) is 4.90 Å². The maximum absolute atomic E-state index is 13.3. The Morgan fingerprint density at radius 2 is 1.93 bits per heavy atom. The van der Waals surface area contributed by atoms with Crippen LogP contribution >= 0.6 is 0 Å². The van der Waals surface area contributed by atoms with Gasteiger partial charge >= 0.3 is 6.61 Å². The van der Waals surface area contributed by atoms with Gasteiger partial charge in [-0.15, -0.1) is 0 Å². The van der Waals surface area contributed by atoms with E-state index in [0.717, 1.165) is 13.0 Å². The van der Waals surface area contributed by atoms with Crippen molar-refractivity contribution in [1.29, 1.82) is 0 Å². The van der Waals surface area contributed by atoms with E-state index < -0.39 is 21.7 Å². The zero-order valence-electron chi connectivity index (χ0n) is 15.8. The molecule has 0 spiro atoms. The first-order valence-corrected chi connectivity index (χ1v) is 11.1. The van der Waals surface area contributed by atoms with Crippen molar-refractivity contribution in [2.24, 2.45) is 11.1 Å². The zero-order valence-corrected chi connectivity index (χ0v) is 16.6. The van der Waals surface area contributed by atoms with E-state index in [1.165, 1.54) is 24.3 Å². The van der Waals surface area contributed by atoms with Crippen LogP contribution in [0.5, 0.6) is 5.75 Å². The van der Waals surface area contributed by atoms with Gasteiger partial charge in [0.15, 0.2) is 9.84 Å². The summed E-state index contributed by atoms with van der Waals surface area (Å²) in [7, 11) is -3.61. The fourth-order valence-corrected chi connectivity index (χ4v) is 6.89. The number of fused-ring (bicyclic) bond motifs is 2. The molecule has 3 aliphatic rings. The molecule has 3 heterocycles. The van der Waals surface area contributed by atoms with E-state index in [1.54, 1.807) is 0 Å². The summed E-state index contributed by atoms with van der Waals surface area (Å²) in [5.74, 6) is -0.0549. The molecule has 0 saturated carbocycles. The molecular formula is C19H26F2N2O4S. The topological polar surface area (TPSA) is 81.9 Å². The summed E-state index contributed by atoms with van der Waals surface area (Å²) in [4.78, 5) is 2.46. The number of alkyl halides is 2. The number of benzene rings is 1. The van der Waals surface area contributed by atoms with Crippen molar-refractivity contribution in [3.05, 3.63) is 24.3 Å². The van der Waals surface area contributed by atoms with Crippen molar-refractivity contribution in [3.8, 4) is 5.75 Å². The Morgan fingerprint density at radius 3 is 2.50 bits per heavy atom. The predicted octanol–water partition coefficient (Wildman–Crippen LogP) is 2.03. The van der Waals surface area contributed by atoms with Gasteiger partial charge in [0.1, 0.15) is 5.75 Å². The average Bonchev–Trinajstić information content (AvgIpc) is 2.80. The zero-order chi connectivity index (χ0) is 20.1. The number of piperidine rings is 1. The van der Waals surface area contributed by atoms with E-state index in [1.807, 2.05) is 0 Å². The summed E-state index contributed by atoms with van der Waals surface area (Å²) in [6, 6.07) is 5.26. The molecule has 1 aromatic rings. The van der Waals surface area contributed by atoms with Gasteiger partial charge < -0.3 is 15.2 Å². The Balaban J connectivity index is 1.57. The second-order valence-corrected chi connectivity index (χ2v) is 10.8. The minimum absolute atomic E-state index is 0.00119. The highest BCUT2D eigenvalue weighted by Gasteiger charge is 2.53. The number of hydrogen-bond donors (Lipinski definition) is 1. The molecule has 4 rings (SSSR count). The number of ether oxygens (including phenoxy) is 2. The molecule has 156 valence electrons. The first-order valence-electron chi connectivity index (χ1n) is 9.56. The van der Waals surface area contributed by atoms with Crippen LogP contribution in [0.1, 0.15) is 26.2 Å². The number of halogens is 2. The van der Waals surface area contributed by atoms with Crippen molar-refractivity contribution < 1.29 is 26.7 Å². The van der Waals surface area contributed by atoms with E-state index in [2.05, 4.69) is 16.6 Å². The lowest BCUT2D eigenvalue weighted by molar-refractivity contribution is -0.123. The van der Waals surface area contributed by atoms with Crippen LogP contribution in [-0.2, 0) is 14.6 Å². The summed E-state index contributed by atoms with van der Waals surface area (Å²) in [5.41, 5.74) is 6.27. The van der Waals surface area contributed by atoms with Crippen LogP contribution in [0.15, 0.2) is 29.2 Å². The van der Waals surface area contributed by atoms with Crippen LogP contribution < -0.4 is 10.5 Å². The number of hydrogen-bond acceptors (Lipinski definition) is 6. The van der Waals surface area contributed by atoms with Crippen molar-refractivity contribution in [3.63, 3.8) is 0 Å². The molecule has 3 aliphatic heterocycles. The normalized spacial score (nSPS) is 32.3. The molecule has 0 amide bonds. The summed E-state index contributed by atoms with van der Waals surface area (Å²) < 4.78 is 61.0. The van der Waals surface area contributed by atoms with E-state index in [4.69, 9.17) is 10.5 Å². The van der Waals surface area contributed by atoms with Crippen LogP contribution in [0.4, 0.5) is 8.78 Å². The van der Waals surface area contributed by atoms with Crippen LogP contribution in [0, 0.1) is 5.41 Å². The second kappa shape index (κ2) is 7.19. The van der Waals surface area contributed by atoms with E-state index in [0.29, 0.717) is 26.1 Å². The van der Waals surface area contributed by atoms with E-state index in [9.17, 15) is 17.2 Å². The van der Waals surface area contributed by atoms with Gasteiger partial charge in [-0.25, -0.2) is 8.42 Å². The van der Waals surface area contributed by atoms with Crippen molar-refractivity contribution >= 4 is 9.84 Å². The molecule has 0 aromatic heterocycles. The molecule has 4 unspecified atom stereocenters. The molecule has 6 nitrogen and oxygen atoms in total. The Labute approximate surface area is 163 Å². The number of nitrogens with two attached hydrogens (primary N) is 1. The van der Waals surface area contributed by atoms with Crippen LogP contribution in [-0.4, -0.2) is 63.1 Å². The molecular weight excluding hydrogens is 390 g/mol. The summed E-state index contributed by atoms with van der Waals surface area (Å²) in [5, 5.41) is -0.544. The quantitative estimate of drug-likeness (QED) is 0.764. The van der Waals surface area contributed by atoms with Gasteiger partial charge in [-0.2, -0.15) is 8.78 Å². The molecule has 0 radical (unpaired) electrons. The minimum atomic E-state index is -3.61. The lowest BCUT2D eigenvalue weighted by atomic mass is 9.86. The number of rotatable bonds is 6. The summed E-state index contributed by atoms with van der Waals surface area (Å²) >= 11 is 0. The Bertz CT molecular complexity index is 814. The highest BCUT2D eigenvalue weighted by atomic mass is 32.2. The van der Waals surface area contributed by atoms with Gasteiger partial charge in [-0.05, 0) is 43.5 Å². The highest BCUT2D eigenvalue weighted by Crippen LogP contribution is 2.43. The second-order valence-electron chi connectivity index (χ2n) is 8.60. The average molecular weight is 416 g/mol. The smallest absolute Gasteiger partial charge is 0.387 e. The molecule has 2 bridgehead atoms. The van der Waals surface area contributed by atoms with Gasteiger partial charge in [-0.1, -0.05) is 6.92 Å². The third-order valence-electron chi connectivity index (χ3n) is 6.19. The fourth-order valence-electron chi connectivity index (χ4n) is 4.87. The van der Waals surface area contributed by atoms with Gasteiger partial charge in [0.25, 0.3) is 0 Å². The molecule has 4 atom stereocenters. The lowest BCUT2D eigenvalue weighted by Gasteiger charge is -2.47. The van der Waals surface area contributed by atoms with Gasteiger partial charge in [0.05, 0.1) is 23.4 Å². The fraction of sp³-hybridized carbons (Fsp3) is 0.684. The number of nitrogens with zero attached hydrogens (tertiary/aromatic N) is 1. The molecule has 28 heavy (non-hydrogen) atoms. The van der Waals surface area contributed by atoms with Crippen LogP contribution in [0.25, 0.3) is 0 Å². The minimum Gasteiger partial charge on any atom is -0.435 e. The maximum Gasteiger partial charge on any atom is 0.387 e. The standard InChI is InChI=1S/C19H26F2N2O4S/c1-19(10-26-11-19)9-23-13-6-12(22)7-16(23)17(8-13)28(24,25)15-4-2-14(3-5-15)27-18(20)21/h2-5,12-13,16-18H,6-11,22H2,1H3. The first-order chi connectivity index (χ1) is 13.2. The van der Waals surface area contributed by atoms with Gasteiger partial charge in [0.2, 0.25) is 0 Å². The summed E-state index contributed by atoms with van der Waals surface area (Å²) in [6.45, 7) is 1.41. The SMILES string of the molecule is CC1(CN2C3CC(N)CC2C(S(=O)(=O)c2ccc(OC(F)F)cc2)C3)COC1. The molecule has 3 saturated heterocycles. The third-order valence-corrected chi connectivity index (χ3v) is 8.42. The largest absolute Gasteiger partial charge is 0.435 e. The van der Waals surface area contributed by atoms with Crippen LogP contribution in [0.2, 0.25) is 0 Å². The molecule has 1 aromatic carbocycles. The van der Waals surface area contributed by atoms with Crippen molar-refractivity contribution in [1.82, 2.24) is 4.90 Å².